The highest BCUT2D eigenvalue weighted by Crippen LogP contribution is 2.54. The second-order valence-corrected chi connectivity index (χ2v) is 16.3. The summed E-state index contributed by atoms with van der Waals surface area (Å²) < 4.78 is 17.5. The van der Waals surface area contributed by atoms with E-state index in [4.69, 9.17) is 19.9 Å². The molecule has 1 unspecified atom stereocenters. The minimum Gasteiger partial charge on any atom is -0.507 e. The van der Waals surface area contributed by atoms with Gasteiger partial charge in [0.1, 0.15) is 28.5 Å². The quantitative estimate of drug-likeness (QED) is 0.0380. The third kappa shape index (κ3) is 8.57. The number of aromatic hydroxyl groups is 2. The van der Waals surface area contributed by atoms with E-state index in [1.165, 1.54) is 42.4 Å². The second-order valence-electron chi connectivity index (χ2n) is 16.3. The zero-order valence-electron chi connectivity index (χ0n) is 34.0. The molecule has 0 bridgehead atoms. The molecule has 2 aromatic carbocycles. The van der Waals surface area contributed by atoms with Crippen LogP contribution in [0.4, 0.5) is 0 Å². The van der Waals surface area contributed by atoms with Crippen LogP contribution in [-0.2, 0) is 35.7 Å². The summed E-state index contributed by atoms with van der Waals surface area (Å²) in [6, 6.07) is 3.67. The molecular weight excluding hydrogens is 804 g/mol. The number of benzene rings is 2. The number of nitrogens with two attached hydrogens (primary N) is 1. The normalized spacial score (nSPS) is 27.3. The maximum absolute atomic E-state index is 14.1. The van der Waals surface area contributed by atoms with E-state index < -0.39 is 88.2 Å². The van der Waals surface area contributed by atoms with E-state index in [0.717, 1.165) is 12.8 Å². The van der Waals surface area contributed by atoms with Crippen LogP contribution in [0.5, 0.6) is 17.2 Å². The molecule has 0 aromatic heterocycles. The monoisotopic (exact) mass is 856 g/mol. The standard InChI is InChI=1S/C42H52N4O13.ClH/c1-22-41(3,55)26(43)17-31(59-22)58-21-40(2)20-42(56,27(19-47)44-45-28(48)13-8-6-5-7-9-16-46-29(49)14-15-30(46)50)18-24-35(40)39(54)34-33(37(24)52)36(51)23-11-10-12-25(57-4)32(23)38(34)53;/h10-12,14-15,22,26,31,47,52,54-56H,5-9,13,16-21,43H2,1-4H3,(H,45,48);1H/b44-27+;/t22-,26-,31?,40+,41+,42-;/m0./s1. The van der Waals surface area contributed by atoms with Gasteiger partial charge in [-0.3, -0.25) is 28.9 Å². The number of halogens is 1. The third-order valence-corrected chi connectivity index (χ3v) is 12.1. The van der Waals surface area contributed by atoms with Gasteiger partial charge in [0.05, 0.1) is 48.8 Å². The molecule has 4 aliphatic rings. The topological polar surface area (TPSA) is 268 Å². The summed E-state index contributed by atoms with van der Waals surface area (Å²) in [6.07, 6.45) is 3.41. The molecule has 0 saturated carbocycles. The first-order valence-electron chi connectivity index (χ1n) is 19.7. The molecule has 18 heteroatoms. The summed E-state index contributed by atoms with van der Waals surface area (Å²) in [4.78, 5) is 65.6. The van der Waals surface area contributed by atoms with Crippen molar-refractivity contribution in [1.82, 2.24) is 10.3 Å². The number of aliphatic hydroxyl groups excluding tert-OH is 1. The van der Waals surface area contributed by atoms with Crippen molar-refractivity contribution in [2.24, 2.45) is 10.8 Å². The fourth-order valence-corrected chi connectivity index (χ4v) is 8.60. The lowest BCUT2D eigenvalue weighted by Gasteiger charge is -2.47. The van der Waals surface area contributed by atoms with Crippen molar-refractivity contribution in [2.75, 3.05) is 26.9 Å². The number of nitrogens with one attached hydrogen (secondary N) is 1. The molecule has 0 radical (unpaired) electrons. The fraction of sp³-hybridized carbons (Fsp3) is 0.524. The van der Waals surface area contributed by atoms with Gasteiger partial charge in [-0.1, -0.05) is 38.3 Å². The number of phenols is 2. The molecule has 60 heavy (non-hydrogen) atoms. The van der Waals surface area contributed by atoms with E-state index >= 15 is 0 Å². The summed E-state index contributed by atoms with van der Waals surface area (Å²) >= 11 is 0. The molecule has 8 N–H and O–H groups in total. The van der Waals surface area contributed by atoms with Crippen molar-refractivity contribution in [3.63, 3.8) is 0 Å². The molecule has 2 aromatic rings. The number of carbonyl (C=O) groups is 5. The highest BCUT2D eigenvalue weighted by molar-refractivity contribution is 6.31. The van der Waals surface area contributed by atoms with Crippen LogP contribution in [0.15, 0.2) is 35.5 Å². The van der Waals surface area contributed by atoms with Gasteiger partial charge in [-0.15, -0.1) is 12.4 Å². The van der Waals surface area contributed by atoms with Crippen molar-refractivity contribution in [2.45, 2.75) is 114 Å². The Hall–Kier alpha value is -4.75. The SMILES string of the molecule is COc1cccc2c1C(=O)c1c(O)c3c(c(O)c1C2=O)C[C@@](O)(/C(CO)=N/NC(=O)CCCCCCCN1C(=O)C=CC1=O)C[C@]3(C)COC1C[C@H](N)[C@](C)(O)[C@H](C)O1.Cl. The van der Waals surface area contributed by atoms with Gasteiger partial charge in [-0.2, -0.15) is 5.10 Å². The molecule has 17 nitrogen and oxygen atoms in total. The summed E-state index contributed by atoms with van der Waals surface area (Å²) in [6.45, 7) is 3.94. The number of hydrogen-bond donors (Lipinski definition) is 7. The molecule has 1 saturated heterocycles. The summed E-state index contributed by atoms with van der Waals surface area (Å²) in [7, 11) is 1.33. The Bertz CT molecular complexity index is 2090. The Balaban J connectivity index is 0.00000683. The van der Waals surface area contributed by atoms with E-state index in [9.17, 15) is 49.5 Å². The van der Waals surface area contributed by atoms with Gasteiger partial charge in [0.2, 0.25) is 11.7 Å². The summed E-state index contributed by atoms with van der Waals surface area (Å²) in [5.74, 6) is -3.87. The highest BCUT2D eigenvalue weighted by Gasteiger charge is 2.53. The number of nitrogens with zero attached hydrogens (tertiary/aromatic N) is 2. The summed E-state index contributed by atoms with van der Waals surface area (Å²) in [5.41, 5.74) is 2.26. The Kier molecular flexibility index (Phi) is 14.0. The van der Waals surface area contributed by atoms with E-state index in [-0.39, 0.29) is 83.8 Å². The minimum absolute atomic E-state index is 0. The number of rotatable bonds is 15. The van der Waals surface area contributed by atoms with Crippen molar-refractivity contribution in [1.29, 1.82) is 0 Å². The molecular formula is C42H53ClN4O13. The van der Waals surface area contributed by atoms with Crippen LogP contribution in [0.3, 0.4) is 0 Å². The van der Waals surface area contributed by atoms with Crippen LogP contribution < -0.4 is 15.9 Å². The lowest BCUT2D eigenvalue weighted by Crippen LogP contribution is -2.60. The average molecular weight is 857 g/mol. The first kappa shape index (κ1) is 46.3. The first-order valence-corrected chi connectivity index (χ1v) is 19.7. The third-order valence-electron chi connectivity index (χ3n) is 12.1. The van der Waals surface area contributed by atoms with Crippen molar-refractivity contribution in [3.05, 3.63) is 63.7 Å². The zero-order valence-corrected chi connectivity index (χ0v) is 34.8. The fourth-order valence-electron chi connectivity index (χ4n) is 8.60. The Labute approximate surface area is 353 Å². The van der Waals surface area contributed by atoms with Crippen LogP contribution in [0, 0.1) is 0 Å². The van der Waals surface area contributed by atoms with Gasteiger partial charge in [0, 0.05) is 66.1 Å². The predicted molar refractivity (Wildman–Crippen MR) is 217 cm³/mol. The molecule has 0 spiro atoms. The number of ether oxygens (including phenoxy) is 3. The van der Waals surface area contributed by atoms with E-state index in [1.807, 2.05) is 0 Å². The smallest absolute Gasteiger partial charge is 0.253 e. The van der Waals surface area contributed by atoms with Crippen LogP contribution in [0.25, 0.3) is 0 Å². The van der Waals surface area contributed by atoms with Crippen LogP contribution in [0.1, 0.15) is 115 Å². The lowest BCUT2D eigenvalue weighted by atomic mass is 9.62. The van der Waals surface area contributed by atoms with Gasteiger partial charge in [0.25, 0.3) is 11.8 Å². The number of hydrazone groups is 1. The average Bonchev–Trinajstić information content (AvgIpc) is 3.51. The maximum atomic E-state index is 14.1. The molecule has 2 aliphatic carbocycles. The number of unbranched alkanes of at least 4 members (excludes halogenated alkanes) is 4. The number of phenolic OH excluding ortho intramolecular Hbond substituents is 2. The number of aliphatic hydroxyl groups is 3. The number of imide groups is 1. The lowest BCUT2D eigenvalue weighted by molar-refractivity contribution is -0.254. The largest absolute Gasteiger partial charge is 0.507 e. The van der Waals surface area contributed by atoms with Gasteiger partial charge in [0.15, 0.2) is 12.1 Å². The number of carbonyl (C=O) groups excluding carboxylic acids is 5. The Morgan fingerprint density at radius 3 is 2.28 bits per heavy atom. The first-order chi connectivity index (χ1) is 27.9. The molecule has 6 rings (SSSR count). The Morgan fingerprint density at radius 1 is 0.983 bits per heavy atom. The van der Waals surface area contributed by atoms with Gasteiger partial charge in [-0.05, 0) is 39.2 Å². The van der Waals surface area contributed by atoms with Crippen molar-refractivity contribution >= 4 is 47.4 Å². The molecule has 3 amide bonds. The highest BCUT2D eigenvalue weighted by atomic mass is 35.5. The number of methoxy groups -OCH3 is 1. The van der Waals surface area contributed by atoms with Gasteiger partial charge < -0.3 is 45.5 Å². The number of fused-ring (bicyclic) bond motifs is 3. The molecule has 2 heterocycles. The summed E-state index contributed by atoms with van der Waals surface area (Å²) in [5, 5.41) is 61.9. The molecule has 326 valence electrons. The Morgan fingerprint density at radius 2 is 1.63 bits per heavy atom. The van der Waals surface area contributed by atoms with Gasteiger partial charge in [-0.25, -0.2) is 5.43 Å². The number of ketones is 2. The second kappa shape index (κ2) is 18.1. The molecule has 6 atom stereocenters. The van der Waals surface area contributed by atoms with Crippen molar-refractivity contribution < 1.29 is 63.7 Å². The van der Waals surface area contributed by atoms with E-state index in [0.29, 0.717) is 25.8 Å². The van der Waals surface area contributed by atoms with Crippen molar-refractivity contribution in [3.8, 4) is 17.2 Å². The predicted octanol–water partition coefficient (Wildman–Crippen LogP) is 2.20. The van der Waals surface area contributed by atoms with E-state index in [2.05, 4.69) is 10.5 Å². The minimum atomic E-state index is -2.11. The molecule has 1 fully saturated rings. The number of amides is 3. The number of hydrogen-bond acceptors (Lipinski definition) is 15. The van der Waals surface area contributed by atoms with Gasteiger partial charge >= 0.3 is 0 Å². The zero-order chi connectivity index (χ0) is 43.0. The van der Waals surface area contributed by atoms with E-state index in [1.54, 1.807) is 20.8 Å². The van der Waals surface area contributed by atoms with Crippen LogP contribution >= 0.6 is 12.4 Å². The molecule has 2 aliphatic heterocycles. The van der Waals surface area contributed by atoms with Crippen LogP contribution in [0.2, 0.25) is 0 Å². The maximum Gasteiger partial charge on any atom is 0.253 e. The van der Waals surface area contributed by atoms with Crippen LogP contribution in [-0.4, -0.2) is 122 Å².